The molecule has 0 aromatic carbocycles. The van der Waals surface area contributed by atoms with Crippen molar-refractivity contribution in [2.45, 2.75) is 39.3 Å². The first-order valence-corrected chi connectivity index (χ1v) is 6.26. The van der Waals surface area contributed by atoms with E-state index < -0.39 is 0 Å². The quantitative estimate of drug-likeness (QED) is 0.813. The third kappa shape index (κ3) is 4.75. The minimum absolute atomic E-state index is 0.0945. The van der Waals surface area contributed by atoms with Crippen LogP contribution < -0.4 is 15.6 Å². The summed E-state index contributed by atoms with van der Waals surface area (Å²) in [6.45, 7) is 6.00. The molecule has 18 heavy (non-hydrogen) atoms. The van der Waals surface area contributed by atoms with Crippen LogP contribution in [0.15, 0.2) is 23.1 Å². The summed E-state index contributed by atoms with van der Waals surface area (Å²) in [5.41, 5.74) is 0.524. The van der Waals surface area contributed by atoms with Crippen molar-refractivity contribution in [3.8, 4) is 5.75 Å². The molecule has 0 spiro atoms. The molecule has 0 amide bonds. The first-order chi connectivity index (χ1) is 8.52. The van der Waals surface area contributed by atoms with Crippen LogP contribution in [0, 0.1) is 0 Å². The van der Waals surface area contributed by atoms with E-state index in [2.05, 4.69) is 17.2 Å². The predicted molar refractivity (Wildman–Crippen MR) is 75.0 cm³/mol. The van der Waals surface area contributed by atoms with Gasteiger partial charge in [0.1, 0.15) is 5.75 Å². The molecule has 0 saturated heterocycles. The van der Waals surface area contributed by atoms with Crippen LogP contribution in [0.5, 0.6) is 5.75 Å². The highest BCUT2D eigenvalue weighted by atomic mass is 16.5. The highest BCUT2D eigenvalue weighted by Gasteiger charge is 2.02. The fourth-order valence-electron chi connectivity index (χ4n) is 1.46. The van der Waals surface area contributed by atoms with Crippen molar-refractivity contribution in [2.75, 3.05) is 7.05 Å². The second-order valence-electron chi connectivity index (χ2n) is 4.61. The lowest BCUT2D eigenvalue weighted by Crippen LogP contribution is -2.19. The van der Waals surface area contributed by atoms with Gasteiger partial charge in [0.2, 0.25) is 0 Å². The number of ether oxygens (including phenoxy) is 1. The van der Waals surface area contributed by atoms with Gasteiger partial charge in [0.15, 0.2) is 0 Å². The lowest BCUT2D eigenvalue weighted by molar-refractivity contribution is 0.241. The van der Waals surface area contributed by atoms with E-state index in [9.17, 15) is 4.79 Å². The molecule has 4 nitrogen and oxygen atoms in total. The third-order valence-corrected chi connectivity index (χ3v) is 2.56. The summed E-state index contributed by atoms with van der Waals surface area (Å²) in [4.78, 5) is 14.3. The molecule has 4 heteroatoms. The second-order valence-corrected chi connectivity index (χ2v) is 4.61. The molecule has 2 N–H and O–H groups in total. The Morgan fingerprint density at radius 3 is 2.78 bits per heavy atom. The minimum atomic E-state index is -0.0977. The molecule has 0 aliphatic rings. The Hall–Kier alpha value is -1.55. The molecular formula is C14H22N2O2. The van der Waals surface area contributed by atoms with E-state index in [1.807, 2.05) is 33.0 Å². The third-order valence-electron chi connectivity index (χ3n) is 2.56. The highest BCUT2D eigenvalue weighted by molar-refractivity contribution is 5.49. The number of hydrogen-bond donors (Lipinski definition) is 2. The zero-order valence-electron chi connectivity index (χ0n) is 11.5. The number of pyridine rings is 1. The predicted octanol–water partition coefficient (Wildman–Crippen LogP) is 2.17. The Bertz CT molecular complexity index is 449. The Labute approximate surface area is 108 Å². The Balaban J connectivity index is 2.78. The van der Waals surface area contributed by atoms with Crippen molar-refractivity contribution < 1.29 is 4.74 Å². The van der Waals surface area contributed by atoms with Crippen LogP contribution in [-0.2, 0) is 0 Å². The van der Waals surface area contributed by atoms with Crippen LogP contribution in [0.4, 0.5) is 0 Å². The van der Waals surface area contributed by atoms with Gasteiger partial charge < -0.3 is 15.0 Å². The van der Waals surface area contributed by atoms with Crippen LogP contribution in [0.1, 0.15) is 32.8 Å². The van der Waals surface area contributed by atoms with Gasteiger partial charge >= 0.3 is 0 Å². The summed E-state index contributed by atoms with van der Waals surface area (Å²) in [6, 6.07) is 2.16. The summed E-state index contributed by atoms with van der Waals surface area (Å²) >= 11 is 0. The van der Waals surface area contributed by atoms with Crippen molar-refractivity contribution in [3.05, 3.63) is 34.3 Å². The van der Waals surface area contributed by atoms with Gasteiger partial charge in [0.05, 0.1) is 6.10 Å². The first-order valence-electron chi connectivity index (χ1n) is 6.26. The van der Waals surface area contributed by atoms with Gasteiger partial charge in [-0.05, 0) is 40.3 Å². The standard InChI is InChI=1S/C14H22N2O2/c1-10(2)18-13-8-12(14(17)16-9-13)7-5-6-11(3)15-4/h5,7-11,15H,6H2,1-4H3,(H,16,17)/b7-5+/t11-/m0/s1. The molecule has 100 valence electrons. The van der Waals surface area contributed by atoms with Crippen molar-refractivity contribution in [2.24, 2.45) is 0 Å². The maximum atomic E-state index is 11.6. The van der Waals surface area contributed by atoms with E-state index in [0.29, 0.717) is 17.4 Å². The zero-order valence-corrected chi connectivity index (χ0v) is 11.5. The number of aromatic amines is 1. The average Bonchev–Trinajstić information content (AvgIpc) is 2.32. The fraction of sp³-hybridized carbons (Fsp3) is 0.500. The summed E-state index contributed by atoms with van der Waals surface area (Å²) in [7, 11) is 1.92. The number of hydrogen-bond acceptors (Lipinski definition) is 3. The summed E-state index contributed by atoms with van der Waals surface area (Å²) in [6.07, 6.45) is 6.39. The Kier molecular flexibility index (Phi) is 5.65. The number of rotatable bonds is 6. The molecule has 0 bridgehead atoms. The van der Waals surface area contributed by atoms with E-state index >= 15 is 0 Å². The van der Waals surface area contributed by atoms with Gasteiger partial charge in [-0.3, -0.25) is 4.79 Å². The molecule has 1 aromatic rings. The van der Waals surface area contributed by atoms with Crippen LogP contribution in [0.3, 0.4) is 0 Å². The van der Waals surface area contributed by atoms with Gasteiger partial charge in [-0.25, -0.2) is 0 Å². The van der Waals surface area contributed by atoms with E-state index in [1.54, 1.807) is 12.3 Å². The fourth-order valence-corrected chi connectivity index (χ4v) is 1.46. The molecule has 1 aromatic heterocycles. The van der Waals surface area contributed by atoms with E-state index in [-0.39, 0.29) is 11.7 Å². The largest absolute Gasteiger partial charge is 0.489 e. The van der Waals surface area contributed by atoms with E-state index in [4.69, 9.17) is 4.74 Å². The van der Waals surface area contributed by atoms with Crippen molar-refractivity contribution in [1.29, 1.82) is 0 Å². The highest BCUT2D eigenvalue weighted by Crippen LogP contribution is 2.11. The van der Waals surface area contributed by atoms with Gasteiger partial charge in [0.25, 0.3) is 5.56 Å². The Morgan fingerprint density at radius 2 is 2.17 bits per heavy atom. The minimum Gasteiger partial charge on any atom is -0.489 e. The van der Waals surface area contributed by atoms with E-state index in [1.165, 1.54) is 0 Å². The van der Waals surface area contributed by atoms with Crippen LogP contribution in [-0.4, -0.2) is 24.2 Å². The van der Waals surface area contributed by atoms with Crippen molar-refractivity contribution in [1.82, 2.24) is 10.3 Å². The molecular weight excluding hydrogens is 228 g/mol. The second kappa shape index (κ2) is 7.01. The van der Waals surface area contributed by atoms with Crippen LogP contribution >= 0.6 is 0 Å². The number of aromatic nitrogens is 1. The summed E-state index contributed by atoms with van der Waals surface area (Å²) < 4.78 is 5.54. The monoisotopic (exact) mass is 250 g/mol. The zero-order chi connectivity index (χ0) is 13.5. The number of nitrogens with one attached hydrogen (secondary N) is 2. The van der Waals surface area contributed by atoms with Gasteiger partial charge in [-0.1, -0.05) is 12.2 Å². The molecule has 1 rings (SSSR count). The molecule has 0 aliphatic heterocycles. The summed E-state index contributed by atoms with van der Waals surface area (Å²) in [5, 5.41) is 3.14. The molecule has 0 aliphatic carbocycles. The molecule has 0 radical (unpaired) electrons. The smallest absolute Gasteiger partial charge is 0.255 e. The topological polar surface area (TPSA) is 54.1 Å². The maximum Gasteiger partial charge on any atom is 0.255 e. The SMILES string of the molecule is CN[C@@H](C)C/C=C/c1cc(OC(C)C)c[nH]c1=O. The average molecular weight is 250 g/mol. The molecule has 0 unspecified atom stereocenters. The van der Waals surface area contributed by atoms with Crippen molar-refractivity contribution >= 4 is 6.08 Å². The normalized spacial score (nSPS) is 13.2. The maximum absolute atomic E-state index is 11.6. The van der Waals surface area contributed by atoms with E-state index in [0.717, 1.165) is 6.42 Å². The Morgan fingerprint density at radius 1 is 1.44 bits per heavy atom. The molecule has 1 heterocycles. The molecule has 1 atom stereocenters. The first kappa shape index (κ1) is 14.5. The van der Waals surface area contributed by atoms with Gasteiger partial charge in [0, 0.05) is 17.8 Å². The molecule has 0 fully saturated rings. The van der Waals surface area contributed by atoms with Gasteiger partial charge in [-0.2, -0.15) is 0 Å². The lowest BCUT2D eigenvalue weighted by atomic mass is 10.2. The van der Waals surface area contributed by atoms with Crippen molar-refractivity contribution in [3.63, 3.8) is 0 Å². The summed E-state index contributed by atoms with van der Waals surface area (Å²) in [5.74, 6) is 0.686. The molecule has 0 saturated carbocycles. The van der Waals surface area contributed by atoms with Crippen LogP contribution in [0.2, 0.25) is 0 Å². The van der Waals surface area contributed by atoms with Crippen LogP contribution in [0.25, 0.3) is 6.08 Å². The lowest BCUT2D eigenvalue weighted by Gasteiger charge is -2.09. The van der Waals surface area contributed by atoms with Gasteiger partial charge in [-0.15, -0.1) is 0 Å². The number of H-pyrrole nitrogens is 1.